The number of rotatable bonds is 3. The molecule has 0 saturated carbocycles. The van der Waals surface area contributed by atoms with Gasteiger partial charge in [-0.2, -0.15) is 5.10 Å². The number of para-hydroxylation sites is 1. The van der Waals surface area contributed by atoms with Gasteiger partial charge in [0.05, 0.1) is 11.4 Å². The van der Waals surface area contributed by atoms with Gasteiger partial charge in [-0.1, -0.05) is 55.5 Å². The summed E-state index contributed by atoms with van der Waals surface area (Å²) in [6.07, 6.45) is 0.795. The number of nitrogens with zero attached hydrogens (tertiary/aromatic N) is 5. The summed E-state index contributed by atoms with van der Waals surface area (Å²) < 4.78 is 1.81. The van der Waals surface area contributed by atoms with Crippen LogP contribution in [-0.4, -0.2) is 25.0 Å². The number of aromatic nitrogens is 5. The Bertz CT molecular complexity index is 945. The van der Waals surface area contributed by atoms with Crippen LogP contribution < -0.4 is 0 Å². The van der Waals surface area contributed by atoms with Gasteiger partial charge in [0.1, 0.15) is 5.52 Å². The van der Waals surface area contributed by atoms with Crippen LogP contribution in [-0.2, 0) is 6.42 Å². The Morgan fingerprint density at radius 2 is 1.57 bits per heavy atom. The van der Waals surface area contributed by atoms with Crippen molar-refractivity contribution >= 4 is 11.2 Å². The SMILES string of the molecule is CCc1nn(-c2ccccc2)c2nnc(-c3ccccc3)nc12. The van der Waals surface area contributed by atoms with Crippen molar-refractivity contribution < 1.29 is 0 Å². The van der Waals surface area contributed by atoms with Gasteiger partial charge in [0, 0.05) is 5.56 Å². The van der Waals surface area contributed by atoms with E-state index in [0.717, 1.165) is 28.9 Å². The molecule has 2 heterocycles. The summed E-state index contributed by atoms with van der Waals surface area (Å²) >= 11 is 0. The predicted molar refractivity (Wildman–Crippen MR) is 89.3 cm³/mol. The Hall–Kier alpha value is -3.08. The molecule has 0 unspecified atom stereocenters. The first-order valence-corrected chi connectivity index (χ1v) is 7.60. The maximum absolute atomic E-state index is 4.71. The van der Waals surface area contributed by atoms with E-state index in [2.05, 4.69) is 22.2 Å². The van der Waals surface area contributed by atoms with E-state index in [-0.39, 0.29) is 0 Å². The van der Waals surface area contributed by atoms with Crippen molar-refractivity contribution in [3.63, 3.8) is 0 Å². The monoisotopic (exact) mass is 301 g/mol. The molecule has 2 aromatic carbocycles. The van der Waals surface area contributed by atoms with Gasteiger partial charge in [0.2, 0.25) is 5.65 Å². The normalized spacial score (nSPS) is 11.0. The Morgan fingerprint density at radius 1 is 0.870 bits per heavy atom. The van der Waals surface area contributed by atoms with Gasteiger partial charge in [0.25, 0.3) is 0 Å². The van der Waals surface area contributed by atoms with Crippen LogP contribution in [0.5, 0.6) is 0 Å². The summed E-state index contributed by atoms with van der Waals surface area (Å²) in [6.45, 7) is 2.07. The molecule has 0 fully saturated rings. The molecule has 5 heteroatoms. The quantitative estimate of drug-likeness (QED) is 0.581. The Kier molecular flexibility index (Phi) is 3.31. The molecule has 4 aromatic rings. The molecule has 2 aromatic heterocycles. The number of hydrogen-bond donors (Lipinski definition) is 0. The summed E-state index contributed by atoms with van der Waals surface area (Å²) in [7, 11) is 0. The van der Waals surface area contributed by atoms with E-state index in [1.165, 1.54) is 0 Å². The maximum atomic E-state index is 4.71. The van der Waals surface area contributed by atoms with E-state index in [1.54, 1.807) is 0 Å². The zero-order chi connectivity index (χ0) is 15.6. The van der Waals surface area contributed by atoms with Gasteiger partial charge in [-0.3, -0.25) is 0 Å². The first-order chi connectivity index (χ1) is 11.4. The molecule has 5 nitrogen and oxygen atoms in total. The molecule has 0 N–H and O–H groups in total. The molecule has 0 aliphatic carbocycles. The average molecular weight is 301 g/mol. The lowest BCUT2D eigenvalue weighted by Crippen LogP contribution is -2.00. The molecule has 0 aliphatic heterocycles. The van der Waals surface area contributed by atoms with E-state index >= 15 is 0 Å². The van der Waals surface area contributed by atoms with Crippen LogP contribution in [0.15, 0.2) is 60.7 Å². The lowest BCUT2D eigenvalue weighted by Gasteiger charge is -2.02. The van der Waals surface area contributed by atoms with Gasteiger partial charge < -0.3 is 0 Å². The van der Waals surface area contributed by atoms with Crippen LogP contribution in [0, 0.1) is 0 Å². The van der Waals surface area contributed by atoms with Crippen LogP contribution in [0.4, 0.5) is 0 Å². The minimum Gasteiger partial charge on any atom is -0.221 e. The van der Waals surface area contributed by atoms with Gasteiger partial charge in [-0.05, 0) is 18.6 Å². The lowest BCUT2D eigenvalue weighted by molar-refractivity contribution is 0.845. The average Bonchev–Trinajstić information content (AvgIpc) is 3.01. The lowest BCUT2D eigenvalue weighted by atomic mass is 10.2. The smallest absolute Gasteiger partial charge is 0.204 e. The Labute approximate surface area is 133 Å². The van der Waals surface area contributed by atoms with Crippen molar-refractivity contribution in [3.8, 4) is 17.1 Å². The first-order valence-electron chi connectivity index (χ1n) is 7.60. The minimum atomic E-state index is 0.625. The van der Waals surface area contributed by atoms with Crippen molar-refractivity contribution in [2.75, 3.05) is 0 Å². The largest absolute Gasteiger partial charge is 0.221 e. The summed E-state index contributed by atoms with van der Waals surface area (Å²) in [6, 6.07) is 19.8. The van der Waals surface area contributed by atoms with Gasteiger partial charge >= 0.3 is 0 Å². The number of hydrogen-bond acceptors (Lipinski definition) is 4. The van der Waals surface area contributed by atoms with Gasteiger partial charge in [-0.25, -0.2) is 9.67 Å². The van der Waals surface area contributed by atoms with Crippen molar-refractivity contribution in [1.82, 2.24) is 25.0 Å². The molecular weight excluding hydrogens is 286 g/mol. The molecule has 112 valence electrons. The van der Waals surface area contributed by atoms with Crippen LogP contribution >= 0.6 is 0 Å². The first kappa shape index (κ1) is 13.6. The highest BCUT2D eigenvalue weighted by Gasteiger charge is 2.15. The van der Waals surface area contributed by atoms with E-state index in [9.17, 15) is 0 Å². The highest BCUT2D eigenvalue weighted by Crippen LogP contribution is 2.21. The molecule has 0 saturated heterocycles. The minimum absolute atomic E-state index is 0.625. The second kappa shape index (κ2) is 5.61. The highest BCUT2D eigenvalue weighted by atomic mass is 15.4. The van der Waals surface area contributed by atoms with Crippen LogP contribution in [0.2, 0.25) is 0 Å². The standard InChI is InChI=1S/C18H15N5/c1-2-15-16-18(23(22-15)14-11-7-4-8-12-14)21-20-17(19-16)13-9-5-3-6-10-13/h3-12H,2H2,1H3. The van der Waals surface area contributed by atoms with Gasteiger partial charge in [0.15, 0.2) is 5.82 Å². The molecule has 4 rings (SSSR count). The zero-order valence-corrected chi connectivity index (χ0v) is 12.7. The number of benzene rings is 2. The summed E-state index contributed by atoms with van der Waals surface area (Å²) in [4.78, 5) is 4.71. The molecule has 0 aliphatic rings. The second-order valence-electron chi connectivity index (χ2n) is 5.22. The van der Waals surface area contributed by atoms with Crippen molar-refractivity contribution in [2.45, 2.75) is 13.3 Å². The number of aryl methyl sites for hydroxylation is 1. The highest BCUT2D eigenvalue weighted by molar-refractivity contribution is 5.77. The zero-order valence-electron chi connectivity index (χ0n) is 12.7. The van der Waals surface area contributed by atoms with E-state index in [1.807, 2.05) is 65.3 Å². The molecule has 0 radical (unpaired) electrons. The fourth-order valence-corrected chi connectivity index (χ4v) is 2.57. The summed E-state index contributed by atoms with van der Waals surface area (Å²) in [5.41, 5.74) is 4.34. The van der Waals surface area contributed by atoms with Crippen molar-refractivity contribution in [3.05, 3.63) is 66.4 Å². The third-order valence-electron chi connectivity index (χ3n) is 3.73. The molecule has 23 heavy (non-hydrogen) atoms. The summed E-state index contributed by atoms with van der Waals surface area (Å²) in [5, 5.41) is 13.3. The predicted octanol–water partition coefficient (Wildman–Crippen LogP) is 3.44. The second-order valence-corrected chi connectivity index (χ2v) is 5.22. The molecule has 0 spiro atoms. The van der Waals surface area contributed by atoms with E-state index in [0.29, 0.717) is 11.5 Å². The Morgan fingerprint density at radius 3 is 2.26 bits per heavy atom. The Balaban J connectivity index is 1.93. The van der Waals surface area contributed by atoms with Crippen molar-refractivity contribution in [1.29, 1.82) is 0 Å². The molecule has 0 bridgehead atoms. The maximum Gasteiger partial charge on any atom is 0.204 e. The molecule has 0 amide bonds. The third-order valence-corrected chi connectivity index (χ3v) is 3.73. The fourth-order valence-electron chi connectivity index (χ4n) is 2.57. The van der Waals surface area contributed by atoms with E-state index < -0.39 is 0 Å². The van der Waals surface area contributed by atoms with Crippen LogP contribution in [0.1, 0.15) is 12.6 Å². The topological polar surface area (TPSA) is 56.5 Å². The third kappa shape index (κ3) is 2.36. The van der Waals surface area contributed by atoms with Gasteiger partial charge in [-0.15, -0.1) is 10.2 Å². The van der Waals surface area contributed by atoms with Crippen LogP contribution in [0.25, 0.3) is 28.2 Å². The molecular formula is C18H15N5. The van der Waals surface area contributed by atoms with Crippen LogP contribution in [0.3, 0.4) is 0 Å². The van der Waals surface area contributed by atoms with Crippen molar-refractivity contribution in [2.24, 2.45) is 0 Å². The number of fused-ring (bicyclic) bond motifs is 1. The fraction of sp³-hybridized carbons (Fsp3) is 0.111. The molecule has 0 atom stereocenters. The van der Waals surface area contributed by atoms with E-state index in [4.69, 9.17) is 4.98 Å². The summed E-state index contributed by atoms with van der Waals surface area (Å²) in [5.74, 6) is 0.625.